The van der Waals surface area contributed by atoms with E-state index in [9.17, 15) is 9.59 Å². The molecule has 0 spiro atoms. The predicted molar refractivity (Wildman–Crippen MR) is 122 cm³/mol. The summed E-state index contributed by atoms with van der Waals surface area (Å²) in [6.45, 7) is 5.05. The van der Waals surface area contributed by atoms with Gasteiger partial charge in [0.25, 0.3) is 5.91 Å². The summed E-state index contributed by atoms with van der Waals surface area (Å²) in [4.78, 5) is 25.7. The third-order valence-corrected chi connectivity index (χ3v) is 5.60. The topological polar surface area (TPSA) is 67.9 Å². The highest BCUT2D eigenvalue weighted by atomic mass is 79.9. The van der Waals surface area contributed by atoms with E-state index in [0.29, 0.717) is 43.2 Å². The molecule has 8 heteroatoms. The number of nitrogens with one attached hydrogen (secondary N) is 1. The van der Waals surface area contributed by atoms with Crippen LogP contribution in [-0.4, -0.2) is 30.0 Å². The Hall–Kier alpha value is -2.32. The predicted octanol–water partition coefficient (Wildman–Crippen LogP) is 5.49. The molecule has 3 rings (SSSR count). The molecule has 3 amide bonds. The highest BCUT2D eigenvalue weighted by Gasteiger charge is 2.32. The molecule has 0 unspecified atom stereocenters. The van der Waals surface area contributed by atoms with Crippen LogP contribution in [0.2, 0.25) is 0 Å². The third kappa shape index (κ3) is 5.23. The van der Waals surface area contributed by atoms with Crippen LogP contribution in [0.3, 0.4) is 0 Å². The zero-order valence-electron chi connectivity index (χ0n) is 16.7. The van der Waals surface area contributed by atoms with Crippen LogP contribution in [0.15, 0.2) is 51.0 Å². The monoisotopic (exact) mass is 536 g/mol. The molecule has 1 heterocycles. The van der Waals surface area contributed by atoms with E-state index in [1.54, 1.807) is 18.2 Å². The standard InChI is InChI=1S/C22H22Br2N2O4/c1-3-9-26-21(27)18(25-22(26)28)10-15-11-19(29-4-2)20(12-17(15)24)30-13-14-5-7-16(23)8-6-14/h5-8,10-12H,3-4,9,13H2,1-2H3,(H,25,28)/b18-10+. The van der Waals surface area contributed by atoms with Gasteiger partial charge in [0.05, 0.1) is 6.61 Å². The van der Waals surface area contributed by atoms with E-state index in [1.165, 1.54) is 4.90 Å². The first-order valence-electron chi connectivity index (χ1n) is 9.61. The minimum Gasteiger partial charge on any atom is -0.490 e. The zero-order valence-corrected chi connectivity index (χ0v) is 19.9. The SMILES string of the molecule is CCCN1C(=O)N/C(=C/c2cc(OCC)c(OCc3ccc(Br)cc3)cc2Br)C1=O. The molecule has 1 N–H and O–H groups in total. The van der Waals surface area contributed by atoms with Crippen molar-refractivity contribution in [2.45, 2.75) is 26.9 Å². The summed E-state index contributed by atoms with van der Waals surface area (Å²) in [6, 6.07) is 11.1. The van der Waals surface area contributed by atoms with Crippen molar-refractivity contribution in [2.24, 2.45) is 0 Å². The number of amides is 3. The molecule has 0 saturated carbocycles. The Balaban J connectivity index is 1.85. The van der Waals surface area contributed by atoms with E-state index < -0.39 is 6.03 Å². The number of carbonyl (C=O) groups excluding carboxylic acids is 2. The maximum absolute atomic E-state index is 12.5. The molecule has 1 aliphatic rings. The number of ether oxygens (including phenoxy) is 2. The number of nitrogens with zero attached hydrogens (tertiary/aromatic N) is 1. The molecule has 0 aromatic heterocycles. The van der Waals surface area contributed by atoms with Gasteiger partial charge < -0.3 is 14.8 Å². The summed E-state index contributed by atoms with van der Waals surface area (Å²) in [7, 11) is 0. The molecule has 30 heavy (non-hydrogen) atoms. The van der Waals surface area contributed by atoms with Crippen molar-refractivity contribution < 1.29 is 19.1 Å². The Morgan fingerprint density at radius 1 is 1.03 bits per heavy atom. The normalized spacial score (nSPS) is 14.9. The molecule has 0 aliphatic carbocycles. The number of carbonyl (C=O) groups is 2. The first-order chi connectivity index (χ1) is 14.4. The largest absolute Gasteiger partial charge is 0.490 e. The molecular weight excluding hydrogens is 516 g/mol. The fourth-order valence-corrected chi connectivity index (χ4v) is 3.64. The van der Waals surface area contributed by atoms with Gasteiger partial charge in [0.2, 0.25) is 0 Å². The van der Waals surface area contributed by atoms with Crippen LogP contribution in [0, 0.1) is 0 Å². The van der Waals surface area contributed by atoms with Gasteiger partial charge in [-0.2, -0.15) is 0 Å². The maximum Gasteiger partial charge on any atom is 0.329 e. The molecule has 1 saturated heterocycles. The molecule has 0 bridgehead atoms. The van der Waals surface area contributed by atoms with Gasteiger partial charge >= 0.3 is 6.03 Å². The molecule has 1 fully saturated rings. The van der Waals surface area contributed by atoms with Crippen molar-refractivity contribution >= 4 is 49.9 Å². The van der Waals surface area contributed by atoms with Gasteiger partial charge in [-0.05, 0) is 54.8 Å². The fourth-order valence-electron chi connectivity index (χ4n) is 2.94. The van der Waals surface area contributed by atoms with E-state index in [2.05, 4.69) is 37.2 Å². The van der Waals surface area contributed by atoms with Crippen LogP contribution < -0.4 is 14.8 Å². The molecule has 158 valence electrons. The summed E-state index contributed by atoms with van der Waals surface area (Å²) in [5, 5.41) is 2.63. The van der Waals surface area contributed by atoms with E-state index >= 15 is 0 Å². The minimum atomic E-state index is -0.399. The van der Waals surface area contributed by atoms with E-state index in [-0.39, 0.29) is 11.6 Å². The Morgan fingerprint density at radius 3 is 2.40 bits per heavy atom. The molecule has 6 nitrogen and oxygen atoms in total. The van der Waals surface area contributed by atoms with Crippen molar-refractivity contribution in [1.29, 1.82) is 0 Å². The summed E-state index contributed by atoms with van der Waals surface area (Å²) in [6.07, 6.45) is 2.34. The van der Waals surface area contributed by atoms with Gasteiger partial charge in [0.1, 0.15) is 12.3 Å². The van der Waals surface area contributed by atoms with Gasteiger partial charge in [-0.3, -0.25) is 9.69 Å². The smallest absolute Gasteiger partial charge is 0.329 e. The number of halogens is 2. The lowest BCUT2D eigenvalue weighted by Gasteiger charge is -2.14. The highest BCUT2D eigenvalue weighted by molar-refractivity contribution is 9.10. The maximum atomic E-state index is 12.5. The molecule has 0 atom stereocenters. The lowest BCUT2D eigenvalue weighted by molar-refractivity contribution is -0.122. The Bertz CT molecular complexity index is 974. The average molecular weight is 538 g/mol. The van der Waals surface area contributed by atoms with E-state index in [0.717, 1.165) is 14.5 Å². The van der Waals surface area contributed by atoms with Crippen LogP contribution >= 0.6 is 31.9 Å². The Labute approximate surface area is 192 Å². The third-order valence-electron chi connectivity index (χ3n) is 4.38. The zero-order chi connectivity index (χ0) is 21.7. The summed E-state index contributed by atoms with van der Waals surface area (Å²) in [5.74, 6) is 0.817. The molecule has 2 aromatic carbocycles. The molecular formula is C22H22Br2N2O4. The van der Waals surface area contributed by atoms with Crippen molar-refractivity contribution in [2.75, 3.05) is 13.2 Å². The Morgan fingerprint density at radius 2 is 1.73 bits per heavy atom. The lowest BCUT2D eigenvalue weighted by atomic mass is 10.1. The van der Waals surface area contributed by atoms with E-state index in [1.807, 2.05) is 38.1 Å². The Kier molecular flexibility index (Phi) is 7.55. The van der Waals surface area contributed by atoms with Gasteiger partial charge in [0.15, 0.2) is 11.5 Å². The second-order valence-corrected chi connectivity index (χ2v) is 8.38. The highest BCUT2D eigenvalue weighted by Crippen LogP contribution is 2.35. The summed E-state index contributed by atoms with van der Waals surface area (Å²) in [5.41, 5.74) is 1.97. The fraction of sp³-hybridized carbons (Fsp3) is 0.273. The second-order valence-electron chi connectivity index (χ2n) is 6.61. The quantitative estimate of drug-likeness (QED) is 0.357. The first kappa shape index (κ1) is 22.4. The number of hydrogen-bond donors (Lipinski definition) is 1. The van der Waals surface area contributed by atoms with E-state index in [4.69, 9.17) is 9.47 Å². The van der Waals surface area contributed by atoms with Gasteiger partial charge in [-0.1, -0.05) is 50.9 Å². The van der Waals surface area contributed by atoms with Crippen molar-refractivity contribution in [3.8, 4) is 11.5 Å². The number of urea groups is 1. The average Bonchev–Trinajstić information content (AvgIpc) is 2.98. The van der Waals surface area contributed by atoms with Crippen LogP contribution in [0.5, 0.6) is 11.5 Å². The minimum absolute atomic E-state index is 0.236. The summed E-state index contributed by atoms with van der Waals surface area (Å²) < 4.78 is 13.4. The van der Waals surface area contributed by atoms with Crippen LogP contribution in [0.25, 0.3) is 6.08 Å². The number of imide groups is 1. The second kappa shape index (κ2) is 10.1. The first-order valence-corrected chi connectivity index (χ1v) is 11.2. The van der Waals surface area contributed by atoms with Crippen molar-refractivity contribution in [3.05, 3.63) is 62.2 Å². The molecule has 2 aromatic rings. The lowest BCUT2D eigenvalue weighted by Crippen LogP contribution is -2.31. The van der Waals surface area contributed by atoms with Crippen molar-refractivity contribution in [1.82, 2.24) is 10.2 Å². The van der Waals surface area contributed by atoms with Gasteiger partial charge in [-0.25, -0.2) is 4.79 Å². The van der Waals surface area contributed by atoms with Gasteiger partial charge in [-0.15, -0.1) is 0 Å². The number of benzene rings is 2. The number of hydrogen-bond acceptors (Lipinski definition) is 4. The van der Waals surface area contributed by atoms with Gasteiger partial charge in [0, 0.05) is 15.5 Å². The molecule has 1 aliphatic heterocycles. The van der Waals surface area contributed by atoms with Crippen LogP contribution in [-0.2, 0) is 11.4 Å². The van der Waals surface area contributed by atoms with Crippen molar-refractivity contribution in [3.63, 3.8) is 0 Å². The van der Waals surface area contributed by atoms with Crippen LogP contribution in [0.4, 0.5) is 4.79 Å². The summed E-state index contributed by atoms with van der Waals surface area (Å²) >= 11 is 6.95. The number of rotatable bonds is 8. The van der Waals surface area contributed by atoms with Crippen LogP contribution in [0.1, 0.15) is 31.4 Å². The molecule has 0 radical (unpaired) electrons.